The number of alkyl carbamates (subject to hydrolysis) is 1. The van der Waals surface area contributed by atoms with Gasteiger partial charge in [-0.05, 0) is 38.5 Å². The molecule has 0 heterocycles. The number of anilines is 1. The van der Waals surface area contributed by atoms with Crippen LogP contribution in [0.25, 0.3) is 0 Å². The number of carbonyl (C=O) groups is 2. The highest BCUT2D eigenvalue weighted by Crippen LogP contribution is 2.15. The van der Waals surface area contributed by atoms with Crippen LogP contribution in [0, 0.1) is 5.92 Å². The summed E-state index contributed by atoms with van der Waals surface area (Å²) in [6.07, 6.45) is -0.578. The van der Waals surface area contributed by atoms with Gasteiger partial charge in [-0.25, -0.2) is 4.79 Å². The highest BCUT2D eigenvalue weighted by Gasteiger charge is 2.11. The highest BCUT2D eigenvalue weighted by atomic mass is 16.5. The van der Waals surface area contributed by atoms with Gasteiger partial charge < -0.3 is 15.4 Å². The lowest BCUT2D eigenvalue weighted by Gasteiger charge is -2.22. The van der Waals surface area contributed by atoms with Gasteiger partial charge in [0.1, 0.15) is 6.61 Å². The van der Waals surface area contributed by atoms with Gasteiger partial charge in [0.05, 0.1) is 6.54 Å². The number of carbonyl (C=O) groups excluding carboxylic acids is 2. The smallest absolute Gasteiger partial charge is 0.407 e. The average molecular weight is 306 g/mol. The molecule has 0 radical (unpaired) electrons. The van der Waals surface area contributed by atoms with E-state index in [1.54, 1.807) is 13.8 Å². The summed E-state index contributed by atoms with van der Waals surface area (Å²) < 4.78 is 5.08. The molecule has 0 saturated heterocycles. The van der Waals surface area contributed by atoms with E-state index in [4.69, 9.17) is 4.74 Å². The molecule has 0 spiro atoms. The number of Topliss-reactive ketones (excluding diaryl/α,β-unsaturated/α-hetero) is 1. The minimum absolute atomic E-state index is 0.000848. The van der Waals surface area contributed by atoms with Crippen molar-refractivity contribution in [3.05, 3.63) is 29.8 Å². The number of hydrogen-bond acceptors (Lipinski definition) is 4. The van der Waals surface area contributed by atoms with Gasteiger partial charge in [0, 0.05) is 17.1 Å². The standard InChI is InChI=1S/C17H26N2O3/c1-12(2)15(20)10-18-16(21)22-11-13-6-8-14(9-7-13)19-17(3,4)5/h6-9,12,19H,10-11H2,1-5H3,(H,18,21). The van der Waals surface area contributed by atoms with Crippen molar-refractivity contribution in [2.24, 2.45) is 5.92 Å². The zero-order valence-corrected chi connectivity index (χ0v) is 14.0. The van der Waals surface area contributed by atoms with Gasteiger partial charge in [0.2, 0.25) is 0 Å². The van der Waals surface area contributed by atoms with Crippen molar-refractivity contribution in [3.63, 3.8) is 0 Å². The molecular weight excluding hydrogens is 280 g/mol. The number of nitrogens with one attached hydrogen (secondary N) is 2. The van der Waals surface area contributed by atoms with Crippen molar-refractivity contribution < 1.29 is 14.3 Å². The van der Waals surface area contributed by atoms with E-state index in [1.165, 1.54) is 0 Å². The molecule has 0 aliphatic heterocycles. The first kappa shape index (κ1) is 18.0. The van der Waals surface area contributed by atoms with E-state index in [-0.39, 0.29) is 30.4 Å². The second-order valence-corrected chi connectivity index (χ2v) is 6.62. The van der Waals surface area contributed by atoms with Crippen LogP contribution in [0.3, 0.4) is 0 Å². The predicted molar refractivity (Wildman–Crippen MR) is 87.9 cm³/mol. The van der Waals surface area contributed by atoms with E-state index in [9.17, 15) is 9.59 Å². The largest absolute Gasteiger partial charge is 0.445 e. The quantitative estimate of drug-likeness (QED) is 0.846. The number of rotatable bonds is 6. The number of benzene rings is 1. The van der Waals surface area contributed by atoms with E-state index < -0.39 is 6.09 Å². The fourth-order valence-electron chi connectivity index (χ4n) is 1.68. The molecule has 1 rings (SSSR count). The Kier molecular flexibility index (Phi) is 6.40. The Bertz CT molecular complexity index is 502. The second-order valence-electron chi connectivity index (χ2n) is 6.62. The first-order chi connectivity index (χ1) is 10.2. The Morgan fingerprint density at radius 2 is 1.73 bits per heavy atom. The number of ether oxygens (including phenoxy) is 1. The van der Waals surface area contributed by atoms with Crippen LogP contribution < -0.4 is 10.6 Å². The van der Waals surface area contributed by atoms with E-state index in [2.05, 4.69) is 31.4 Å². The number of ketones is 1. The molecule has 122 valence electrons. The molecule has 0 aliphatic rings. The first-order valence-electron chi connectivity index (χ1n) is 7.48. The van der Waals surface area contributed by atoms with Crippen LogP contribution in [0.15, 0.2) is 24.3 Å². The van der Waals surface area contributed by atoms with Gasteiger partial charge in [-0.1, -0.05) is 26.0 Å². The third-order valence-electron chi connectivity index (χ3n) is 2.89. The van der Waals surface area contributed by atoms with Gasteiger partial charge >= 0.3 is 6.09 Å². The molecule has 0 aliphatic carbocycles. The maximum absolute atomic E-state index is 11.5. The molecular formula is C17H26N2O3. The summed E-state index contributed by atoms with van der Waals surface area (Å²) in [6, 6.07) is 7.70. The first-order valence-corrected chi connectivity index (χ1v) is 7.48. The van der Waals surface area contributed by atoms with Crippen LogP contribution >= 0.6 is 0 Å². The topological polar surface area (TPSA) is 67.4 Å². The maximum Gasteiger partial charge on any atom is 0.407 e. The lowest BCUT2D eigenvalue weighted by atomic mass is 10.1. The number of amides is 1. The van der Waals surface area contributed by atoms with Crippen molar-refractivity contribution in [2.75, 3.05) is 11.9 Å². The summed E-state index contributed by atoms with van der Waals surface area (Å²) in [4.78, 5) is 22.9. The van der Waals surface area contributed by atoms with Gasteiger partial charge in [-0.3, -0.25) is 4.79 Å². The van der Waals surface area contributed by atoms with E-state index in [0.29, 0.717) is 0 Å². The molecule has 0 fully saturated rings. The molecule has 0 aromatic heterocycles. The Balaban J connectivity index is 2.38. The minimum Gasteiger partial charge on any atom is -0.445 e. The molecule has 5 nitrogen and oxygen atoms in total. The summed E-state index contributed by atoms with van der Waals surface area (Å²) in [6.45, 7) is 10.0. The average Bonchev–Trinajstić information content (AvgIpc) is 2.42. The second kappa shape index (κ2) is 7.82. The van der Waals surface area contributed by atoms with Crippen LogP contribution in [0.4, 0.5) is 10.5 Å². The van der Waals surface area contributed by atoms with Crippen molar-refractivity contribution >= 4 is 17.6 Å². The molecule has 5 heteroatoms. The third kappa shape index (κ3) is 7.11. The van der Waals surface area contributed by atoms with E-state index in [0.717, 1.165) is 11.3 Å². The molecule has 2 N–H and O–H groups in total. The van der Waals surface area contributed by atoms with Crippen LogP contribution in [0.5, 0.6) is 0 Å². The highest BCUT2D eigenvalue weighted by molar-refractivity contribution is 5.85. The monoisotopic (exact) mass is 306 g/mol. The molecule has 0 atom stereocenters. The molecule has 1 aromatic rings. The van der Waals surface area contributed by atoms with Crippen molar-refractivity contribution in [1.82, 2.24) is 5.32 Å². The minimum atomic E-state index is -0.578. The summed E-state index contributed by atoms with van der Waals surface area (Å²) >= 11 is 0. The van der Waals surface area contributed by atoms with Gasteiger partial charge in [-0.15, -0.1) is 0 Å². The zero-order valence-electron chi connectivity index (χ0n) is 14.0. The Hall–Kier alpha value is -2.04. The van der Waals surface area contributed by atoms with Crippen LogP contribution in [-0.4, -0.2) is 24.0 Å². The Morgan fingerprint density at radius 3 is 2.23 bits per heavy atom. The predicted octanol–water partition coefficient (Wildman–Crippen LogP) is 3.35. The molecule has 0 bridgehead atoms. The van der Waals surface area contributed by atoms with E-state index in [1.807, 2.05) is 24.3 Å². The number of hydrogen-bond donors (Lipinski definition) is 2. The maximum atomic E-state index is 11.5. The summed E-state index contributed by atoms with van der Waals surface area (Å²) in [5.41, 5.74) is 1.91. The lowest BCUT2D eigenvalue weighted by Crippen LogP contribution is -2.31. The SMILES string of the molecule is CC(C)C(=O)CNC(=O)OCc1ccc(NC(C)(C)C)cc1. The fourth-order valence-corrected chi connectivity index (χ4v) is 1.68. The van der Waals surface area contributed by atoms with Crippen molar-refractivity contribution in [3.8, 4) is 0 Å². The van der Waals surface area contributed by atoms with Gasteiger partial charge in [0.15, 0.2) is 5.78 Å². The van der Waals surface area contributed by atoms with Gasteiger partial charge in [-0.2, -0.15) is 0 Å². The molecule has 1 aromatic carbocycles. The normalized spacial score (nSPS) is 11.2. The van der Waals surface area contributed by atoms with Crippen LogP contribution in [-0.2, 0) is 16.1 Å². The van der Waals surface area contributed by atoms with Gasteiger partial charge in [0.25, 0.3) is 0 Å². The zero-order chi connectivity index (χ0) is 16.8. The van der Waals surface area contributed by atoms with Crippen molar-refractivity contribution in [1.29, 1.82) is 0 Å². The van der Waals surface area contributed by atoms with Crippen LogP contribution in [0.1, 0.15) is 40.2 Å². The Morgan fingerprint density at radius 1 is 1.14 bits per heavy atom. The lowest BCUT2D eigenvalue weighted by molar-refractivity contribution is -0.120. The summed E-state index contributed by atoms with van der Waals surface area (Å²) in [5, 5.41) is 5.81. The summed E-state index contributed by atoms with van der Waals surface area (Å²) in [7, 11) is 0. The van der Waals surface area contributed by atoms with Crippen molar-refractivity contribution in [2.45, 2.75) is 46.8 Å². The van der Waals surface area contributed by atoms with Crippen LogP contribution in [0.2, 0.25) is 0 Å². The fraction of sp³-hybridized carbons (Fsp3) is 0.529. The molecule has 0 saturated carbocycles. The third-order valence-corrected chi connectivity index (χ3v) is 2.89. The summed E-state index contributed by atoms with van der Waals surface area (Å²) in [5.74, 6) is -0.113. The van der Waals surface area contributed by atoms with E-state index >= 15 is 0 Å². The molecule has 0 unspecified atom stereocenters. The Labute approximate surface area is 132 Å². The molecule has 1 amide bonds. The molecule has 22 heavy (non-hydrogen) atoms.